The predicted octanol–water partition coefficient (Wildman–Crippen LogP) is 3.14. The molecule has 0 aliphatic carbocycles. The van der Waals surface area contributed by atoms with Crippen molar-refractivity contribution in [3.05, 3.63) is 52.2 Å². The predicted molar refractivity (Wildman–Crippen MR) is 81.3 cm³/mol. The number of hydrogen-bond donors (Lipinski definition) is 2. The fourth-order valence-corrected chi connectivity index (χ4v) is 2.30. The van der Waals surface area contributed by atoms with Gasteiger partial charge in [-0.25, -0.2) is 0 Å². The van der Waals surface area contributed by atoms with E-state index in [1.165, 1.54) is 11.3 Å². The van der Waals surface area contributed by atoms with Gasteiger partial charge < -0.3 is 10.6 Å². The van der Waals surface area contributed by atoms with Gasteiger partial charge in [-0.2, -0.15) is 0 Å². The lowest BCUT2D eigenvalue weighted by molar-refractivity contribution is 0.0942. The van der Waals surface area contributed by atoms with Crippen LogP contribution in [0.4, 0.5) is 5.69 Å². The first kappa shape index (κ1) is 14.3. The molecule has 1 heterocycles. The van der Waals surface area contributed by atoms with Crippen molar-refractivity contribution in [1.29, 1.82) is 0 Å². The largest absolute Gasteiger partial charge is 0.350 e. The molecule has 0 aliphatic rings. The van der Waals surface area contributed by atoms with Gasteiger partial charge in [-0.1, -0.05) is 12.1 Å². The number of thiophene rings is 1. The van der Waals surface area contributed by atoms with Crippen LogP contribution in [-0.2, 0) is 0 Å². The molecule has 2 amide bonds. The molecular formula is C15H16N2O2S. The Kier molecular flexibility index (Phi) is 4.53. The maximum absolute atomic E-state index is 11.9. The Hall–Kier alpha value is -2.14. The molecule has 4 nitrogen and oxygen atoms in total. The molecule has 2 rings (SSSR count). The molecular weight excluding hydrogens is 272 g/mol. The van der Waals surface area contributed by atoms with Gasteiger partial charge in [0.15, 0.2) is 0 Å². The second-order valence-corrected chi connectivity index (χ2v) is 5.59. The van der Waals surface area contributed by atoms with Gasteiger partial charge in [0.2, 0.25) is 0 Å². The van der Waals surface area contributed by atoms with Crippen LogP contribution in [0, 0.1) is 0 Å². The summed E-state index contributed by atoms with van der Waals surface area (Å²) >= 11 is 1.38. The molecule has 1 aromatic heterocycles. The van der Waals surface area contributed by atoms with E-state index < -0.39 is 0 Å². The Morgan fingerprint density at radius 3 is 2.55 bits per heavy atom. The van der Waals surface area contributed by atoms with Crippen LogP contribution in [0.1, 0.15) is 33.9 Å². The third-order valence-electron chi connectivity index (χ3n) is 2.55. The van der Waals surface area contributed by atoms with Crippen molar-refractivity contribution >= 4 is 28.8 Å². The standard InChI is InChI=1S/C15H16N2O2S/c1-10(2)16-14(18)11-5-3-6-12(9-11)17-15(19)13-7-4-8-20-13/h3-10H,1-2H3,(H,16,18)(H,17,19). The maximum atomic E-state index is 11.9. The van der Waals surface area contributed by atoms with Crippen LogP contribution in [0.15, 0.2) is 41.8 Å². The summed E-state index contributed by atoms with van der Waals surface area (Å²) in [4.78, 5) is 24.5. The van der Waals surface area contributed by atoms with Crippen molar-refractivity contribution in [2.75, 3.05) is 5.32 Å². The highest BCUT2D eigenvalue weighted by molar-refractivity contribution is 7.12. The van der Waals surface area contributed by atoms with Gasteiger partial charge in [0.05, 0.1) is 4.88 Å². The number of nitrogens with one attached hydrogen (secondary N) is 2. The van der Waals surface area contributed by atoms with E-state index in [2.05, 4.69) is 10.6 Å². The average molecular weight is 288 g/mol. The van der Waals surface area contributed by atoms with Gasteiger partial charge in [0.1, 0.15) is 0 Å². The lowest BCUT2D eigenvalue weighted by atomic mass is 10.1. The molecule has 0 bridgehead atoms. The lowest BCUT2D eigenvalue weighted by Crippen LogP contribution is -2.30. The molecule has 0 saturated carbocycles. The molecule has 2 aromatic rings. The molecule has 2 N–H and O–H groups in total. The summed E-state index contributed by atoms with van der Waals surface area (Å²) < 4.78 is 0. The van der Waals surface area contributed by atoms with Crippen molar-refractivity contribution < 1.29 is 9.59 Å². The average Bonchev–Trinajstić information content (AvgIpc) is 2.92. The normalized spacial score (nSPS) is 10.3. The Bertz CT molecular complexity index is 606. The molecule has 20 heavy (non-hydrogen) atoms. The fourth-order valence-electron chi connectivity index (χ4n) is 1.68. The van der Waals surface area contributed by atoms with E-state index in [0.29, 0.717) is 16.1 Å². The van der Waals surface area contributed by atoms with E-state index >= 15 is 0 Å². The first-order valence-corrected chi connectivity index (χ1v) is 7.20. The fraction of sp³-hybridized carbons (Fsp3) is 0.200. The van der Waals surface area contributed by atoms with Crippen LogP contribution in [0.25, 0.3) is 0 Å². The van der Waals surface area contributed by atoms with Gasteiger partial charge in [0.25, 0.3) is 11.8 Å². The highest BCUT2D eigenvalue weighted by Gasteiger charge is 2.10. The van der Waals surface area contributed by atoms with Crippen LogP contribution in [0.2, 0.25) is 0 Å². The summed E-state index contributed by atoms with van der Waals surface area (Å²) in [6.07, 6.45) is 0. The summed E-state index contributed by atoms with van der Waals surface area (Å²) in [6.45, 7) is 3.81. The van der Waals surface area contributed by atoms with Crippen molar-refractivity contribution in [1.82, 2.24) is 5.32 Å². The zero-order valence-electron chi connectivity index (χ0n) is 11.3. The Balaban J connectivity index is 2.10. The van der Waals surface area contributed by atoms with E-state index in [0.717, 1.165) is 0 Å². The zero-order chi connectivity index (χ0) is 14.5. The first-order valence-electron chi connectivity index (χ1n) is 6.32. The van der Waals surface area contributed by atoms with Gasteiger partial charge >= 0.3 is 0 Å². The Morgan fingerprint density at radius 1 is 1.10 bits per heavy atom. The molecule has 104 valence electrons. The van der Waals surface area contributed by atoms with Crippen LogP contribution < -0.4 is 10.6 Å². The van der Waals surface area contributed by atoms with Gasteiger partial charge in [-0.15, -0.1) is 11.3 Å². The molecule has 0 aliphatic heterocycles. The molecule has 0 spiro atoms. The number of carbonyl (C=O) groups is 2. The molecule has 0 atom stereocenters. The summed E-state index contributed by atoms with van der Waals surface area (Å²) in [6, 6.07) is 10.6. The number of rotatable bonds is 4. The van der Waals surface area contributed by atoms with Gasteiger partial charge in [-0.3, -0.25) is 9.59 Å². The van der Waals surface area contributed by atoms with E-state index in [1.54, 1.807) is 30.3 Å². The second kappa shape index (κ2) is 6.34. The number of carbonyl (C=O) groups excluding carboxylic acids is 2. The highest BCUT2D eigenvalue weighted by Crippen LogP contribution is 2.15. The minimum absolute atomic E-state index is 0.0758. The zero-order valence-corrected chi connectivity index (χ0v) is 12.2. The summed E-state index contributed by atoms with van der Waals surface area (Å²) in [5, 5.41) is 7.45. The van der Waals surface area contributed by atoms with E-state index in [4.69, 9.17) is 0 Å². The molecule has 0 saturated heterocycles. The number of amides is 2. The summed E-state index contributed by atoms with van der Waals surface area (Å²) in [7, 11) is 0. The van der Waals surface area contributed by atoms with Gasteiger partial charge in [0, 0.05) is 17.3 Å². The van der Waals surface area contributed by atoms with Gasteiger partial charge in [-0.05, 0) is 43.5 Å². The topological polar surface area (TPSA) is 58.2 Å². The maximum Gasteiger partial charge on any atom is 0.265 e. The lowest BCUT2D eigenvalue weighted by Gasteiger charge is -2.10. The van der Waals surface area contributed by atoms with Crippen molar-refractivity contribution in [2.45, 2.75) is 19.9 Å². The molecule has 5 heteroatoms. The minimum atomic E-state index is -0.165. The molecule has 0 unspecified atom stereocenters. The summed E-state index contributed by atoms with van der Waals surface area (Å²) in [5.74, 6) is -0.311. The van der Waals surface area contributed by atoms with Crippen molar-refractivity contribution in [3.8, 4) is 0 Å². The molecule has 0 radical (unpaired) electrons. The Morgan fingerprint density at radius 2 is 1.90 bits per heavy atom. The Labute approximate surface area is 121 Å². The quantitative estimate of drug-likeness (QED) is 0.908. The molecule has 0 fully saturated rings. The van der Waals surface area contributed by atoms with Crippen LogP contribution >= 0.6 is 11.3 Å². The number of benzene rings is 1. The second-order valence-electron chi connectivity index (χ2n) is 4.64. The summed E-state index contributed by atoms with van der Waals surface area (Å²) in [5.41, 5.74) is 1.14. The van der Waals surface area contributed by atoms with E-state index in [1.807, 2.05) is 25.3 Å². The number of hydrogen-bond acceptors (Lipinski definition) is 3. The smallest absolute Gasteiger partial charge is 0.265 e. The van der Waals surface area contributed by atoms with Crippen LogP contribution in [-0.4, -0.2) is 17.9 Å². The monoisotopic (exact) mass is 288 g/mol. The first-order chi connectivity index (χ1) is 9.56. The number of anilines is 1. The van der Waals surface area contributed by atoms with Crippen molar-refractivity contribution in [3.63, 3.8) is 0 Å². The SMILES string of the molecule is CC(C)NC(=O)c1cccc(NC(=O)c2cccs2)c1. The third kappa shape index (κ3) is 3.68. The van der Waals surface area contributed by atoms with Crippen molar-refractivity contribution in [2.24, 2.45) is 0 Å². The van der Waals surface area contributed by atoms with E-state index in [-0.39, 0.29) is 17.9 Å². The van der Waals surface area contributed by atoms with Crippen LogP contribution in [0.5, 0.6) is 0 Å². The highest BCUT2D eigenvalue weighted by atomic mass is 32.1. The molecule has 1 aromatic carbocycles. The van der Waals surface area contributed by atoms with E-state index in [9.17, 15) is 9.59 Å². The third-order valence-corrected chi connectivity index (χ3v) is 3.42. The minimum Gasteiger partial charge on any atom is -0.350 e. The van der Waals surface area contributed by atoms with Crippen LogP contribution in [0.3, 0.4) is 0 Å².